The van der Waals surface area contributed by atoms with Gasteiger partial charge in [-0.3, -0.25) is 10.1 Å². The number of nitrogens with one attached hydrogen (secondary N) is 2. The zero-order chi connectivity index (χ0) is 14.7. The molecule has 0 atom stereocenters. The topological polar surface area (TPSA) is 53.6 Å². The molecule has 0 aliphatic heterocycles. The van der Waals surface area contributed by atoms with Crippen LogP contribution >= 0.6 is 31.9 Å². The first-order chi connectivity index (χ1) is 10.2. The number of halogens is 2. The summed E-state index contributed by atoms with van der Waals surface area (Å²) in [5.41, 5.74) is 4.14. The highest BCUT2D eigenvalue weighted by atomic mass is 79.9. The highest BCUT2D eigenvalue weighted by Crippen LogP contribution is 2.27. The maximum Gasteiger partial charge on any atom is 0.0715 e. The van der Waals surface area contributed by atoms with Crippen LogP contribution in [0.15, 0.2) is 57.9 Å². The Morgan fingerprint density at radius 3 is 2.86 bits per heavy atom. The van der Waals surface area contributed by atoms with Crippen molar-refractivity contribution in [2.45, 2.75) is 6.54 Å². The highest BCUT2D eigenvalue weighted by Gasteiger charge is 2.08. The van der Waals surface area contributed by atoms with Gasteiger partial charge < -0.3 is 5.32 Å². The van der Waals surface area contributed by atoms with Gasteiger partial charge in [-0.15, -0.1) is 0 Å². The quantitative estimate of drug-likeness (QED) is 0.663. The number of pyridine rings is 1. The molecule has 0 saturated carbocycles. The summed E-state index contributed by atoms with van der Waals surface area (Å²) in [6.45, 7) is 0.676. The first-order valence-corrected chi connectivity index (χ1v) is 7.94. The van der Waals surface area contributed by atoms with Crippen LogP contribution in [0.5, 0.6) is 0 Å². The number of hydrogen-bond acceptors (Lipinski definition) is 3. The van der Waals surface area contributed by atoms with E-state index in [0.717, 1.165) is 31.5 Å². The summed E-state index contributed by atoms with van der Waals surface area (Å²) in [4.78, 5) is 4.14. The molecule has 1 aromatic carbocycles. The second kappa shape index (κ2) is 6.41. The van der Waals surface area contributed by atoms with E-state index in [4.69, 9.17) is 0 Å². The van der Waals surface area contributed by atoms with Gasteiger partial charge in [-0.05, 0) is 46.3 Å². The second-order valence-corrected chi connectivity index (χ2v) is 6.26. The lowest BCUT2D eigenvalue weighted by Gasteiger charge is -2.09. The van der Waals surface area contributed by atoms with Crippen molar-refractivity contribution < 1.29 is 0 Å². The predicted octanol–water partition coefficient (Wildman–Crippen LogP) is 4.61. The van der Waals surface area contributed by atoms with E-state index in [1.54, 1.807) is 6.20 Å². The zero-order valence-corrected chi connectivity index (χ0v) is 14.1. The van der Waals surface area contributed by atoms with Crippen LogP contribution in [0.1, 0.15) is 5.56 Å². The van der Waals surface area contributed by atoms with Crippen LogP contribution in [0.4, 0.5) is 5.69 Å². The number of benzene rings is 1. The Morgan fingerprint density at radius 2 is 2.05 bits per heavy atom. The van der Waals surface area contributed by atoms with Crippen molar-refractivity contribution in [2.24, 2.45) is 0 Å². The smallest absolute Gasteiger partial charge is 0.0715 e. The third kappa shape index (κ3) is 3.33. The van der Waals surface area contributed by atoms with Crippen LogP contribution in [0.2, 0.25) is 0 Å². The van der Waals surface area contributed by atoms with Crippen molar-refractivity contribution in [1.82, 2.24) is 15.2 Å². The third-order valence-electron chi connectivity index (χ3n) is 3.07. The van der Waals surface area contributed by atoms with E-state index in [-0.39, 0.29) is 0 Å². The molecule has 0 spiro atoms. The van der Waals surface area contributed by atoms with E-state index in [2.05, 4.69) is 52.4 Å². The summed E-state index contributed by atoms with van der Waals surface area (Å²) < 4.78 is 2.06. The lowest BCUT2D eigenvalue weighted by Crippen LogP contribution is -2.00. The van der Waals surface area contributed by atoms with Crippen LogP contribution in [0.25, 0.3) is 11.3 Å². The Morgan fingerprint density at radius 1 is 1.14 bits per heavy atom. The normalized spacial score (nSPS) is 10.6. The molecule has 0 fully saturated rings. The minimum Gasteiger partial charge on any atom is -0.380 e. The SMILES string of the molecule is Brc1ccc(Br)c(NCc2cn[nH]c2-c2cccnc2)c1. The first-order valence-electron chi connectivity index (χ1n) is 6.35. The molecular weight excluding hydrogens is 396 g/mol. The molecule has 0 aliphatic carbocycles. The van der Waals surface area contributed by atoms with Gasteiger partial charge >= 0.3 is 0 Å². The molecule has 2 heterocycles. The van der Waals surface area contributed by atoms with Crippen molar-refractivity contribution in [1.29, 1.82) is 0 Å². The van der Waals surface area contributed by atoms with E-state index in [0.29, 0.717) is 6.54 Å². The van der Waals surface area contributed by atoms with Crippen molar-refractivity contribution >= 4 is 37.5 Å². The Hall–Kier alpha value is -1.66. The number of hydrogen-bond donors (Lipinski definition) is 2. The number of rotatable bonds is 4. The lowest BCUT2D eigenvalue weighted by atomic mass is 10.1. The molecule has 0 amide bonds. The number of nitrogens with zero attached hydrogens (tertiary/aromatic N) is 2. The average Bonchev–Trinajstić information content (AvgIpc) is 2.97. The van der Waals surface area contributed by atoms with Crippen molar-refractivity contribution in [3.63, 3.8) is 0 Å². The van der Waals surface area contributed by atoms with E-state index in [1.807, 2.05) is 42.7 Å². The molecule has 3 rings (SSSR count). The molecule has 4 nitrogen and oxygen atoms in total. The number of H-pyrrole nitrogens is 1. The number of anilines is 1. The van der Waals surface area contributed by atoms with Gasteiger partial charge in [-0.2, -0.15) is 5.10 Å². The summed E-state index contributed by atoms with van der Waals surface area (Å²) >= 11 is 7.02. The molecule has 3 aromatic rings. The van der Waals surface area contributed by atoms with Gasteiger partial charge in [0.15, 0.2) is 0 Å². The van der Waals surface area contributed by atoms with E-state index in [9.17, 15) is 0 Å². The molecule has 6 heteroatoms. The molecule has 0 aliphatic rings. The standard InChI is InChI=1S/C15H12Br2N4/c16-12-3-4-13(17)14(6-12)19-8-11-9-20-21-15(11)10-2-1-5-18-7-10/h1-7,9,19H,8H2,(H,20,21). The van der Waals surface area contributed by atoms with Crippen LogP contribution in [0, 0.1) is 0 Å². The highest BCUT2D eigenvalue weighted by molar-refractivity contribution is 9.11. The molecule has 0 unspecified atom stereocenters. The van der Waals surface area contributed by atoms with Crippen LogP contribution in [-0.2, 0) is 6.54 Å². The van der Waals surface area contributed by atoms with Crippen molar-refractivity contribution in [2.75, 3.05) is 5.32 Å². The minimum atomic E-state index is 0.676. The first kappa shape index (κ1) is 14.3. The Balaban J connectivity index is 1.81. The zero-order valence-electron chi connectivity index (χ0n) is 11.0. The molecule has 21 heavy (non-hydrogen) atoms. The van der Waals surface area contributed by atoms with E-state index in [1.165, 1.54) is 0 Å². The average molecular weight is 408 g/mol. The molecule has 106 valence electrons. The van der Waals surface area contributed by atoms with E-state index < -0.39 is 0 Å². The number of aromatic amines is 1. The predicted molar refractivity (Wildman–Crippen MR) is 91.0 cm³/mol. The number of aromatic nitrogens is 3. The molecule has 2 aromatic heterocycles. The van der Waals surface area contributed by atoms with Gasteiger partial charge in [0, 0.05) is 44.7 Å². The largest absolute Gasteiger partial charge is 0.380 e. The van der Waals surface area contributed by atoms with Gasteiger partial charge in [0.1, 0.15) is 0 Å². The molecular formula is C15H12Br2N4. The monoisotopic (exact) mass is 406 g/mol. The van der Waals surface area contributed by atoms with Crippen molar-refractivity contribution in [3.05, 3.63) is 63.4 Å². The summed E-state index contributed by atoms with van der Waals surface area (Å²) in [5.74, 6) is 0. The van der Waals surface area contributed by atoms with Gasteiger partial charge in [0.2, 0.25) is 0 Å². The van der Waals surface area contributed by atoms with Crippen LogP contribution < -0.4 is 5.32 Å². The summed E-state index contributed by atoms with van der Waals surface area (Å²) in [6, 6.07) is 9.96. The Kier molecular flexibility index (Phi) is 4.36. The summed E-state index contributed by atoms with van der Waals surface area (Å²) in [6.07, 6.45) is 5.42. The fourth-order valence-corrected chi connectivity index (χ4v) is 2.78. The van der Waals surface area contributed by atoms with Crippen molar-refractivity contribution in [3.8, 4) is 11.3 Å². The summed E-state index contributed by atoms with van der Waals surface area (Å²) in [7, 11) is 0. The fraction of sp³-hybridized carbons (Fsp3) is 0.0667. The maximum atomic E-state index is 4.14. The Labute approximate surface area is 139 Å². The molecule has 0 radical (unpaired) electrons. The maximum absolute atomic E-state index is 4.14. The third-order valence-corrected chi connectivity index (χ3v) is 4.25. The van der Waals surface area contributed by atoms with Gasteiger partial charge in [-0.25, -0.2) is 0 Å². The van der Waals surface area contributed by atoms with Gasteiger partial charge in [0.05, 0.1) is 11.9 Å². The molecule has 0 bridgehead atoms. The van der Waals surface area contributed by atoms with Gasteiger partial charge in [0.25, 0.3) is 0 Å². The van der Waals surface area contributed by atoms with Crippen LogP contribution in [0.3, 0.4) is 0 Å². The van der Waals surface area contributed by atoms with Crippen LogP contribution in [-0.4, -0.2) is 15.2 Å². The summed E-state index contributed by atoms with van der Waals surface area (Å²) in [5, 5.41) is 10.6. The lowest BCUT2D eigenvalue weighted by molar-refractivity contribution is 1.09. The van der Waals surface area contributed by atoms with E-state index >= 15 is 0 Å². The molecule has 0 saturated heterocycles. The van der Waals surface area contributed by atoms with Gasteiger partial charge in [-0.1, -0.05) is 15.9 Å². The Bertz CT molecular complexity index is 740. The fourth-order valence-electron chi connectivity index (χ4n) is 2.03. The second-order valence-electron chi connectivity index (χ2n) is 4.49. The minimum absolute atomic E-state index is 0.676. The molecule has 2 N–H and O–H groups in total.